The van der Waals surface area contributed by atoms with E-state index in [-0.39, 0.29) is 11.5 Å². The molecule has 0 bridgehead atoms. The van der Waals surface area contributed by atoms with Crippen molar-refractivity contribution in [1.29, 1.82) is 0 Å². The van der Waals surface area contributed by atoms with Gasteiger partial charge in [-0.25, -0.2) is 4.98 Å². The van der Waals surface area contributed by atoms with Crippen molar-refractivity contribution in [3.8, 4) is 5.75 Å². The van der Waals surface area contributed by atoms with Crippen LogP contribution in [0.15, 0.2) is 65.3 Å². The predicted octanol–water partition coefficient (Wildman–Crippen LogP) is 5.01. The van der Waals surface area contributed by atoms with Crippen LogP contribution in [0.4, 0.5) is 11.5 Å². The summed E-state index contributed by atoms with van der Waals surface area (Å²) in [6.07, 6.45) is 1.57. The van der Waals surface area contributed by atoms with Crippen molar-refractivity contribution in [2.24, 2.45) is 0 Å². The molecule has 0 fully saturated rings. The first-order chi connectivity index (χ1) is 13.5. The first-order valence-electron chi connectivity index (χ1n) is 8.14. The molecule has 0 aliphatic rings. The fourth-order valence-corrected chi connectivity index (χ4v) is 2.79. The lowest BCUT2D eigenvalue weighted by Gasteiger charge is -2.12. The smallest absolute Gasteiger partial charge is 0.258 e. The molecular formula is C20H15BrClN3O3. The molecule has 3 rings (SSSR count). The molecule has 0 aliphatic heterocycles. The zero-order chi connectivity index (χ0) is 20.1. The van der Waals surface area contributed by atoms with Crippen molar-refractivity contribution < 1.29 is 14.3 Å². The van der Waals surface area contributed by atoms with Crippen LogP contribution in [0.25, 0.3) is 0 Å². The van der Waals surface area contributed by atoms with Crippen molar-refractivity contribution in [2.45, 2.75) is 0 Å². The second kappa shape index (κ2) is 8.86. The zero-order valence-electron chi connectivity index (χ0n) is 14.7. The van der Waals surface area contributed by atoms with Crippen LogP contribution in [0.5, 0.6) is 5.75 Å². The van der Waals surface area contributed by atoms with Gasteiger partial charge in [0, 0.05) is 21.3 Å². The molecule has 8 heteroatoms. The van der Waals surface area contributed by atoms with Gasteiger partial charge >= 0.3 is 0 Å². The molecule has 6 nitrogen and oxygen atoms in total. The van der Waals surface area contributed by atoms with Crippen LogP contribution in [0.2, 0.25) is 5.02 Å². The Balaban J connectivity index is 1.82. The molecule has 1 aromatic heterocycles. The summed E-state index contributed by atoms with van der Waals surface area (Å²) < 4.78 is 5.88. The SMILES string of the molecule is COc1ccc(C(=O)Nc2ccc(Cl)cc2C(=O)Nc2ccc(Br)cn2)cc1. The number of pyridine rings is 1. The molecule has 2 amide bonds. The number of amides is 2. The summed E-state index contributed by atoms with van der Waals surface area (Å²) in [5, 5.41) is 5.80. The summed E-state index contributed by atoms with van der Waals surface area (Å²) in [6.45, 7) is 0. The molecule has 1 heterocycles. The topological polar surface area (TPSA) is 80.3 Å². The molecule has 3 aromatic rings. The fraction of sp³-hybridized carbons (Fsp3) is 0.0500. The molecule has 0 unspecified atom stereocenters. The van der Waals surface area contributed by atoms with Gasteiger partial charge in [-0.15, -0.1) is 0 Å². The molecule has 0 aliphatic carbocycles. The number of hydrogen-bond donors (Lipinski definition) is 2. The standard InChI is InChI=1S/C20H15BrClN3O3/c1-28-15-6-2-12(3-7-15)19(26)24-17-8-5-14(22)10-16(17)20(27)25-18-9-4-13(21)11-23-18/h2-11H,1H3,(H,24,26)(H,23,25,27). The number of aromatic nitrogens is 1. The highest BCUT2D eigenvalue weighted by Crippen LogP contribution is 2.23. The Hall–Kier alpha value is -2.90. The van der Waals surface area contributed by atoms with Crippen molar-refractivity contribution in [3.05, 3.63) is 81.4 Å². The third-order valence-corrected chi connectivity index (χ3v) is 4.50. The fourth-order valence-electron chi connectivity index (χ4n) is 2.38. The van der Waals surface area contributed by atoms with E-state index in [9.17, 15) is 9.59 Å². The van der Waals surface area contributed by atoms with Crippen LogP contribution in [-0.2, 0) is 0 Å². The number of carbonyl (C=O) groups excluding carboxylic acids is 2. The van der Waals surface area contributed by atoms with Crippen LogP contribution < -0.4 is 15.4 Å². The average molecular weight is 461 g/mol. The molecule has 0 radical (unpaired) electrons. The Bertz CT molecular complexity index is 1010. The van der Waals surface area contributed by atoms with E-state index in [1.54, 1.807) is 61.8 Å². The van der Waals surface area contributed by atoms with E-state index in [1.165, 1.54) is 6.07 Å². The Morgan fingerprint density at radius 3 is 2.39 bits per heavy atom. The second-order valence-electron chi connectivity index (χ2n) is 5.69. The average Bonchev–Trinajstić information content (AvgIpc) is 2.71. The van der Waals surface area contributed by atoms with E-state index in [1.807, 2.05) is 0 Å². The molecule has 2 aromatic carbocycles. The van der Waals surface area contributed by atoms with Crippen molar-refractivity contribution >= 4 is 50.9 Å². The number of halogens is 2. The lowest BCUT2D eigenvalue weighted by atomic mass is 10.1. The van der Waals surface area contributed by atoms with Crippen LogP contribution >= 0.6 is 27.5 Å². The summed E-state index contributed by atoms with van der Waals surface area (Å²) in [6, 6.07) is 14.7. The molecule has 0 saturated carbocycles. The Morgan fingerprint density at radius 2 is 1.75 bits per heavy atom. The molecule has 0 saturated heterocycles. The van der Waals surface area contributed by atoms with Gasteiger partial charge in [-0.3, -0.25) is 9.59 Å². The Kier molecular flexibility index (Phi) is 6.28. The largest absolute Gasteiger partial charge is 0.497 e. The van der Waals surface area contributed by atoms with E-state index in [0.29, 0.717) is 27.8 Å². The van der Waals surface area contributed by atoms with E-state index in [0.717, 1.165) is 4.47 Å². The monoisotopic (exact) mass is 459 g/mol. The minimum Gasteiger partial charge on any atom is -0.497 e. The molecule has 2 N–H and O–H groups in total. The van der Waals surface area contributed by atoms with Crippen molar-refractivity contribution in [3.63, 3.8) is 0 Å². The van der Waals surface area contributed by atoms with E-state index in [4.69, 9.17) is 16.3 Å². The maximum atomic E-state index is 12.7. The van der Waals surface area contributed by atoms with Gasteiger partial charge in [0.15, 0.2) is 0 Å². The lowest BCUT2D eigenvalue weighted by Crippen LogP contribution is -2.18. The predicted molar refractivity (Wildman–Crippen MR) is 112 cm³/mol. The maximum absolute atomic E-state index is 12.7. The van der Waals surface area contributed by atoms with Crippen molar-refractivity contribution in [2.75, 3.05) is 17.7 Å². The first-order valence-corrected chi connectivity index (χ1v) is 9.31. The van der Waals surface area contributed by atoms with Gasteiger partial charge in [0.05, 0.1) is 18.4 Å². The number of hydrogen-bond acceptors (Lipinski definition) is 4. The van der Waals surface area contributed by atoms with Gasteiger partial charge in [0.1, 0.15) is 11.6 Å². The van der Waals surface area contributed by atoms with Gasteiger partial charge in [-0.1, -0.05) is 11.6 Å². The molecule has 142 valence electrons. The number of carbonyl (C=O) groups is 2. The Morgan fingerprint density at radius 1 is 1.00 bits per heavy atom. The summed E-state index contributed by atoms with van der Waals surface area (Å²) >= 11 is 9.33. The van der Waals surface area contributed by atoms with Gasteiger partial charge in [0.2, 0.25) is 0 Å². The highest BCUT2D eigenvalue weighted by Gasteiger charge is 2.16. The third-order valence-electron chi connectivity index (χ3n) is 3.80. The summed E-state index contributed by atoms with van der Waals surface area (Å²) in [7, 11) is 1.55. The molecule has 0 spiro atoms. The summed E-state index contributed by atoms with van der Waals surface area (Å²) in [5.41, 5.74) is 0.982. The minimum atomic E-state index is -0.442. The van der Waals surface area contributed by atoms with Gasteiger partial charge in [-0.05, 0) is 70.5 Å². The lowest BCUT2D eigenvalue weighted by molar-refractivity contribution is 0.102. The number of nitrogens with one attached hydrogen (secondary N) is 2. The summed E-state index contributed by atoms with van der Waals surface area (Å²) in [4.78, 5) is 29.3. The van der Waals surface area contributed by atoms with E-state index in [2.05, 4.69) is 31.5 Å². The number of rotatable bonds is 5. The summed E-state index contributed by atoms with van der Waals surface area (Å²) in [5.74, 6) is 0.217. The van der Waals surface area contributed by atoms with Crippen LogP contribution in [0.3, 0.4) is 0 Å². The maximum Gasteiger partial charge on any atom is 0.258 e. The van der Waals surface area contributed by atoms with Crippen LogP contribution in [-0.4, -0.2) is 23.9 Å². The number of anilines is 2. The number of benzene rings is 2. The van der Waals surface area contributed by atoms with Gasteiger partial charge < -0.3 is 15.4 Å². The number of ether oxygens (including phenoxy) is 1. The highest BCUT2D eigenvalue weighted by molar-refractivity contribution is 9.10. The number of methoxy groups -OCH3 is 1. The second-order valence-corrected chi connectivity index (χ2v) is 7.04. The zero-order valence-corrected chi connectivity index (χ0v) is 17.0. The van der Waals surface area contributed by atoms with Crippen molar-refractivity contribution in [1.82, 2.24) is 4.98 Å². The number of nitrogens with zero attached hydrogens (tertiary/aromatic N) is 1. The van der Waals surface area contributed by atoms with Gasteiger partial charge in [0.25, 0.3) is 11.8 Å². The molecule has 0 atom stereocenters. The van der Waals surface area contributed by atoms with Crippen LogP contribution in [0.1, 0.15) is 20.7 Å². The Labute approximate surface area is 175 Å². The highest BCUT2D eigenvalue weighted by atomic mass is 79.9. The minimum absolute atomic E-state index is 0.221. The normalized spacial score (nSPS) is 10.2. The van der Waals surface area contributed by atoms with Crippen LogP contribution in [0, 0.1) is 0 Å². The van der Waals surface area contributed by atoms with Gasteiger partial charge in [-0.2, -0.15) is 0 Å². The quantitative estimate of drug-likeness (QED) is 0.561. The molecule has 28 heavy (non-hydrogen) atoms. The van der Waals surface area contributed by atoms with E-state index < -0.39 is 5.91 Å². The molecular weight excluding hydrogens is 446 g/mol. The third kappa shape index (κ3) is 4.88. The first kappa shape index (κ1) is 19.9. The van der Waals surface area contributed by atoms with E-state index >= 15 is 0 Å².